The van der Waals surface area contributed by atoms with Gasteiger partial charge in [0.25, 0.3) is 0 Å². The molecule has 1 heteroatoms. The first-order chi connectivity index (χ1) is 6.36. The molecular weight excluding hydrogens is 271 g/mol. The van der Waals surface area contributed by atoms with Crippen molar-refractivity contribution in [2.75, 3.05) is 0 Å². The van der Waals surface area contributed by atoms with Gasteiger partial charge in [0, 0.05) is 3.92 Å². The van der Waals surface area contributed by atoms with Gasteiger partial charge in [-0.05, 0) is 57.3 Å². The van der Waals surface area contributed by atoms with E-state index in [0.717, 1.165) is 9.84 Å². The molecule has 0 aromatic carbocycles. The first-order valence-electron chi connectivity index (χ1n) is 5.69. The summed E-state index contributed by atoms with van der Waals surface area (Å²) < 4.78 is 0.970. The molecular formula is C12H19I. The molecule has 0 atom stereocenters. The molecule has 0 aliphatic heterocycles. The molecule has 0 nitrogen and oxygen atoms in total. The summed E-state index contributed by atoms with van der Waals surface area (Å²) in [5.41, 5.74) is 1.81. The van der Waals surface area contributed by atoms with Crippen LogP contribution in [0.2, 0.25) is 0 Å². The topological polar surface area (TPSA) is 0 Å². The zero-order valence-electron chi connectivity index (χ0n) is 8.27. The Morgan fingerprint density at radius 3 is 2.46 bits per heavy atom. The van der Waals surface area contributed by atoms with Crippen molar-refractivity contribution in [1.82, 2.24) is 0 Å². The maximum Gasteiger partial charge on any atom is 0.0110 e. The van der Waals surface area contributed by atoms with Crippen LogP contribution < -0.4 is 0 Å². The van der Waals surface area contributed by atoms with Crippen molar-refractivity contribution < 1.29 is 0 Å². The molecule has 0 aromatic rings. The van der Waals surface area contributed by atoms with Crippen LogP contribution in [0, 0.1) is 5.92 Å². The van der Waals surface area contributed by atoms with Crippen LogP contribution >= 0.6 is 22.6 Å². The molecule has 0 spiro atoms. The maximum absolute atomic E-state index is 2.62. The Morgan fingerprint density at radius 1 is 1.08 bits per heavy atom. The van der Waals surface area contributed by atoms with Crippen molar-refractivity contribution in [2.24, 2.45) is 5.92 Å². The van der Waals surface area contributed by atoms with Gasteiger partial charge in [-0.3, -0.25) is 0 Å². The Kier molecular flexibility index (Phi) is 3.70. The van der Waals surface area contributed by atoms with Crippen molar-refractivity contribution in [1.29, 1.82) is 0 Å². The highest BCUT2D eigenvalue weighted by atomic mass is 127. The van der Waals surface area contributed by atoms with E-state index in [4.69, 9.17) is 0 Å². The fraction of sp³-hybridized carbons (Fsp3) is 0.833. The molecule has 74 valence electrons. The number of hydrogen-bond acceptors (Lipinski definition) is 0. The minimum atomic E-state index is 0.970. The molecule has 1 fully saturated rings. The van der Waals surface area contributed by atoms with E-state index in [1.807, 2.05) is 5.57 Å². The summed E-state index contributed by atoms with van der Waals surface area (Å²) in [5.74, 6) is 0.978. The van der Waals surface area contributed by atoms with Crippen LogP contribution in [0.5, 0.6) is 0 Å². The predicted octanol–water partition coefficient (Wildman–Crippen LogP) is 4.48. The molecule has 2 rings (SSSR count). The Bertz CT molecular complexity index is 187. The molecule has 1 saturated carbocycles. The summed E-state index contributed by atoms with van der Waals surface area (Å²) in [5, 5.41) is 0. The summed E-state index contributed by atoms with van der Waals surface area (Å²) in [4.78, 5) is 0. The minimum Gasteiger partial charge on any atom is -0.0851 e. The fourth-order valence-corrected chi connectivity index (χ4v) is 3.38. The standard InChI is InChI=1S/C12H19I/c13-12-8-6-11(7-9-12)10-4-2-1-3-5-10/h4,11-12H,1-3,5-9H2. The van der Waals surface area contributed by atoms with E-state index < -0.39 is 0 Å². The van der Waals surface area contributed by atoms with Crippen LogP contribution in [0.25, 0.3) is 0 Å². The summed E-state index contributed by atoms with van der Waals surface area (Å²) in [6, 6.07) is 0. The Balaban J connectivity index is 1.89. The minimum absolute atomic E-state index is 0.970. The third-order valence-electron chi connectivity index (χ3n) is 3.51. The number of allylic oxidation sites excluding steroid dienone is 2. The van der Waals surface area contributed by atoms with Crippen LogP contribution in [0.15, 0.2) is 11.6 Å². The molecule has 2 aliphatic rings. The number of hydrogen-bond donors (Lipinski definition) is 0. The summed E-state index contributed by atoms with van der Waals surface area (Å²) >= 11 is 2.62. The van der Waals surface area contributed by atoms with Gasteiger partial charge in [0.15, 0.2) is 0 Å². The van der Waals surface area contributed by atoms with Gasteiger partial charge >= 0.3 is 0 Å². The lowest BCUT2D eigenvalue weighted by atomic mass is 9.80. The van der Waals surface area contributed by atoms with Gasteiger partial charge in [-0.1, -0.05) is 34.2 Å². The van der Waals surface area contributed by atoms with Crippen molar-refractivity contribution in [3.8, 4) is 0 Å². The van der Waals surface area contributed by atoms with Crippen LogP contribution in [-0.4, -0.2) is 3.92 Å². The lowest BCUT2D eigenvalue weighted by molar-refractivity contribution is 0.401. The first-order valence-corrected chi connectivity index (χ1v) is 6.94. The lowest BCUT2D eigenvalue weighted by Crippen LogP contribution is -2.16. The zero-order valence-corrected chi connectivity index (χ0v) is 10.4. The van der Waals surface area contributed by atoms with Crippen LogP contribution in [0.1, 0.15) is 51.4 Å². The third-order valence-corrected chi connectivity index (χ3v) is 4.75. The van der Waals surface area contributed by atoms with Crippen molar-refractivity contribution >= 4 is 22.6 Å². The van der Waals surface area contributed by atoms with Gasteiger partial charge in [-0.25, -0.2) is 0 Å². The normalized spacial score (nSPS) is 35.6. The van der Waals surface area contributed by atoms with Crippen molar-refractivity contribution in [2.45, 2.75) is 55.3 Å². The fourth-order valence-electron chi connectivity index (χ4n) is 2.66. The average Bonchev–Trinajstić information content (AvgIpc) is 2.20. The number of alkyl halides is 1. The number of halogens is 1. The summed E-state index contributed by atoms with van der Waals surface area (Å²) in [7, 11) is 0. The van der Waals surface area contributed by atoms with E-state index in [9.17, 15) is 0 Å². The molecule has 2 aliphatic carbocycles. The van der Waals surface area contributed by atoms with Gasteiger partial charge in [0.05, 0.1) is 0 Å². The molecule has 0 N–H and O–H groups in total. The molecule has 0 aromatic heterocycles. The second-order valence-electron chi connectivity index (χ2n) is 4.47. The zero-order chi connectivity index (χ0) is 9.10. The second kappa shape index (κ2) is 4.81. The molecule has 0 unspecified atom stereocenters. The van der Waals surface area contributed by atoms with Gasteiger partial charge in [0.1, 0.15) is 0 Å². The largest absolute Gasteiger partial charge is 0.0851 e. The van der Waals surface area contributed by atoms with Crippen molar-refractivity contribution in [3.05, 3.63) is 11.6 Å². The Morgan fingerprint density at radius 2 is 1.85 bits per heavy atom. The Hall–Kier alpha value is 0.470. The van der Waals surface area contributed by atoms with E-state index >= 15 is 0 Å². The van der Waals surface area contributed by atoms with E-state index in [0.29, 0.717) is 0 Å². The summed E-state index contributed by atoms with van der Waals surface area (Å²) in [6.45, 7) is 0. The highest BCUT2D eigenvalue weighted by Gasteiger charge is 2.22. The third kappa shape index (κ3) is 2.71. The van der Waals surface area contributed by atoms with E-state index in [1.54, 1.807) is 0 Å². The number of rotatable bonds is 1. The summed E-state index contributed by atoms with van der Waals surface area (Å²) in [6.07, 6.45) is 14.1. The maximum atomic E-state index is 2.62. The molecule has 0 amide bonds. The van der Waals surface area contributed by atoms with Crippen LogP contribution in [0.3, 0.4) is 0 Å². The van der Waals surface area contributed by atoms with Gasteiger partial charge in [-0.15, -0.1) is 0 Å². The quantitative estimate of drug-likeness (QED) is 0.379. The molecule has 0 saturated heterocycles. The monoisotopic (exact) mass is 290 g/mol. The van der Waals surface area contributed by atoms with Crippen LogP contribution in [0.4, 0.5) is 0 Å². The van der Waals surface area contributed by atoms with Crippen LogP contribution in [-0.2, 0) is 0 Å². The highest BCUT2D eigenvalue weighted by Crippen LogP contribution is 2.36. The lowest BCUT2D eigenvalue weighted by Gasteiger charge is -2.29. The van der Waals surface area contributed by atoms with Gasteiger partial charge < -0.3 is 0 Å². The van der Waals surface area contributed by atoms with Crippen molar-refractivity contribution in [3.63, 3.8) is 0 Å². The Labute approximate surface area is 95.3 Å². The molecule has 0 bridgehead atoms. The van der Waals surface area contributed by atoms with E-state index in [2.05, 4.69) is 28.7 Å². The molecule has 13 heavy (non-hydrogen) atoms. The second-order valence-corrected chi connectivity index (χ2v) is 6.24. The SMILES string of the molecule is IC1CCC(C2=CCCCC2)CC1. The van der Waals surface area contributed by atoms with E-state index in [-0.39, 0.29) is 0 Å². The van der Waals surface area contributed by atoms with E-state index in [1.165, 1.54) is 51.4 Å². The first kappa shape index (κ1) is 10.0. The smallest absolute Gasteiger partial charge is 0.0110 e. The molecule has 0 radical (unpaired) electrons. The van der Waals surface area contributed by atoms with Gasteiger partial charge in [-0.2, -0.15) is 0 Å². The average molecular weight is 290 g/mol. The highest BCUT2D eigenvalue weighted by molar-refractivity contribution is 14.1. The van der Waals surface area contributed by atoms with Gasteiger partial charge in [0.2, 0.25) is 0 Å². The molecule has 0 heterocycles. The predicted molar refractivity (Wildman–Crippen MR) is 66.3 cm³/mol.